The second kappa shape index (κ2) is 6.86. The smallest absolute Gasteiger partial charge is 0.335 e. The molecule has 1 aliphatic carbocycles. The summed E-state index contributed by atoms with van der Waals surface area (Å²) in [4.78, 5) is 11.2. The van der Waals surface area contributed by atoms with E-state index in [2.05, 4.69) is 0 Å². The SMILES string of the molecule is CC.O=C1O[C@@H]2C[C@H](OCc3ccccc3)CC2C1O. The van der Waals surface area contributed by atoms with Gasteiger partial charge in [0.05, 0.1) is 12.7 Å². The van der Waals surface area contributed by atoms with E-state index in [1.54, 1.807) is 0 Å². The molecule has 1 N–H and O–H groups in total. The first kappa shape index (κ1) is 15.0. The van der Waals surface area contributed by atoms with E-state index < -0.39 is 12.1 Å². The highest BCUT2D eigenvalue weighted by molar-refractivity contribution is 5.77. The number of esters is 1. The van der Waals surface area contributed by atoms with Crippen LogP contribution in [0.4, 0.5) is 0 Å². The fourth-order valence-corrected chi connectivity index (χ4v) is 2.77. The van der Waals surface area contributed by atoms with Gasteiger partial charge in [-0.1, -0.05) is 44.2 Å². The van der Waals surface area contributed by atoms with Crippen LogP contribution >= 0.6 is 0 Å². The molecular weight excluding hydrogens is 256 g/mol. The van der Waals surface area contributed by atoms with Gasteiger partial charge in [0.1, 0.15) is 6.10 Å². The van der Waals surface area contributed by atoms with Crippen LogP contribution < -0.4 is 0 Å². The van der Waals surface area contributed by atoms with E-state index in [1.165, 1.54) is 0 Å². The van der Waals surface area contributed by atoms with Crippen LogP contribution in [0.3, 0.4) is 0 Å². The summed E-state index contributed by atoms with van der Waals surface area (Å²) in [5.74, 6) is -0.565. The molecule has 2 aliphatic rings. The zero-order valence-corrected chi connectivity index (χ0v) is 12.0. The minimum Gasteiger partial charge on any atom is -0.460 e. The summed E-state index contributed by atoms with van der Waals surface area (Å²) in [7, 11) is 0. The van der Waals surface area contributed by atoms with Gasteiger partial charge in [-0.2, -0.15) is 0 Å². The molecule has 4 heteroatoms. The van der Waals surface area contributed by atoms with Gasteiger partial charge in [-0.25, -0.2) is 4.79 Å². The van der Waals surface area contributed by atoms with Crippen molar-refractivity contribution in [3.63, 3.8) is 0 Å². The van der Waals surface area contributed by atoms with Crippen LogP contribution in [0.2, 0.25) is 0 Å². The van der Waals surface area contributed by atoms with Crippen molar-refractivity contribution in [1.82, 2.24) is 0 Å². The lowest BCUT2D eigenvalue weighted by atomic mass is 10.0. The number of aliphatic hydroxyl groups excluding tert-OH is 1. The summed E-state index contributed by atoms with van der Waals surface area (Å²) in [6, 6.07) is 9.97. The lowest BCUT2D eigenvalue weighted by Crippen LogP contribution is -2.23. The number of rotatable bonds is 3. The molecule has 0 amide bonds. The van der Waals surface area contributed by atoms with Crippen molar-refractivity contribution in [3.8, 4) is 0 Å². The van der Waals surface area contributed by atoms with Crippen LogP contribution in [0.1, 0.15) is 32.3 Å². The third kappa shape index (κ3) is 3.19. The van der Waals surface area contributed by atoms with Crippen molar-refractivity contribution in [2.45, 2.75) is 51.6 Å². The summed E-state index contributed by atoms with van der Waals surface area (Å²) in [5, 5.41) is 9.64. The minimum absolute atomic E-state index is 0.0722. The molecule has 110 valence electrons. The van der Waals surface area contributed by atoms with Crippen molar-refractivity contribution in [3.05, 3.63) is 35.9 Å². The molecule has 0 spiro atoms. The van der Waals surface area contributed by atoms with Crippen LogP contribution in [0.5, 0.6) is 0 Å². The third-order valence-corrected chi connectivity index (χ3v) is 3.75. The number of benzene rings is 1. The summed E-state index contributed by atoms with van der Waals surface area (Å²) >= 11 is 0. The van der Waals surface area contributed by atoms with E-state index in [-0.39, 0.29) is 18.1 Å². The van der Waals surface area contributed by atoms with Crippen molar-refractivity contribution in [2.75, 3.05) is 0 Å². The molecule has 20 heavy (non-hydrogen) atoms. The van der Waals surface area contributed by atoms with E-state index in [0.29, 0.717) is 19.4 Å². The highest BCUT2D eigenvalue weighted by atomic mass is 16.6. The van der Waals surface area contributed by atoms with Gasteiger partial charge in [0.25, 0.3) is 0 Å². The second-order valence-electron chi connectivity index (χ2n) is 4.97. The van der Waals surface area contributed by atoms with Crippen LogP contribution in [0.25, 0.3) is 0 Å². The summed E-state index contributed by atoms with van der Waals surface area (Å²) < 4.78 is 10.9. The van der Waals surface area contributed by atoms with Gasteiger partial charge < -0.3 is 14.6 Å². The highest BCUT2D eigenvalue weighted by Crippen LogP contribution is 2.38. The van der Waals surface area contributed by atoms with Crippen molar-refractivity contribution in [1.29, 1.82) is 0 Å². The maximum atomic E-state index is 11.2. The van der Waals surface area contributed by atoms with Gasteiger partial charge in [-0.3, -0.25) is 0 Å². The van der Waals surface area contributed by atoms with E-state index in [1.807, 2.05) is 44.2 Å². The first-order valence-electron chi connectivity index (χ1n) is 7.28. The quantitative estimate of drug-likeness (QED) is 0.862. The van der Waals surface area contributed by atoms with Crippen molar-refractivity contribution >= 4 is 5.97 Å². The number of aliphatic hydroxyl groups is 1. The van der Waals surface area contributed by atoms with Gasteiger partial charge >= 0.3 is 5.97 Å². The first-order valence-corrected chi connectivity index (χ1v) is 7.28. The summed E-state index contributed by atoms with van der Waals surface area (Å²) in [5.41, 5.74) is 1.13. The van der Waals surface area contributed by atoms with E-state index in [0.717, 1.165) is 5.56 Å². The van der Waals surface area contributed by atoms with Crippen LogP contribution in [0, 0.1) is 5.92 Å². The molecule has 1 heterocycles. The number of hydrogen-bond acceptors (Lipinski definition) is 4. The standard InChI is InChI=1S/C14H16O4.C2H6/c15-13-11-6-10(7-12(11)18-14(13)16)17-8-9-4-2-1-3-5-9;1-2/h1-5,10-13,15H,6-8H2;1-2H3/t10-,11?,12-,13?;/m1./s1. The molecule has 1 saturated carbocycles. The first-order chi connectivity index (χ1) is 9.74. The molecule has 1 saturated heterocycles. The molecule has 2 fully saturated rings. The molecule has 1 aromatic rings. The molecule has 4 atom stereocenters. The molecule has 0 aromatic heterocycles. The molecule has 1 aromatic carbocycles. The average Bonchev–Trinajstić information content (AvgIpc) is 3.00. The monoisotopic (exact) mass is 278 g/mol. The molecule has 0 radical (unpaired) electrons. The Balaban J connectivity index is 0.000000704. The third-order valence-electron chi connectivity index (χ3n) is 3.75. The minimum atomic E-state index is -0.958. The number of carbonyl (C=O) groups is 1. The maximum absolute atomic E-state index is 11.2. The Morgan fingerprint density at radius 2 is 1.95 bits per heavy atom. The zero-order valence-electron chi connectivity index (χ0n) is 12.0. The molecule has 4 nitrogen and oxygen atoms in total. The molecular formula is C16H22O4. The fraction of sp³-hybridized carbons (Fsp3) is 0.562. The topological polar surface area (TPSA) is 55.8 Å². The largest absolute Gasteiger partial charge is 0.460 e. The van der Waals surface area contributed by atoms with Gasteiger partial charge in [0.15, 0.2) is 6.10 Å². The van der Waals surface area contributed by atoms with Crippen molar-refractivity contribution < 1.29 is 19.4 Å². The predicted octanol–water partition coefficient (Wildman–Crippen LogP) is 2.29. The van der Waals surface area contributed by atoms with Gasteiger partial charge in [-0.05, 0) is 12.0 Å². The Morgan fingerprint density at radius 3 is 2.60 bits per heavy atom. The number of hydrogen-bond donors (Lipinski definition) is 1. The summed E-state index contributed by atoms with van der Waals surface area (Å²) in [6.07, 6.45) is 0.349. The van der Waals surface area contributed by atoms with Crippen molar-refractivity contribution in [2.24, 2.45) is 5.92 Å². The lowest BCUT2D eigenvalue weighted by Gasteiger charge is -2.13. The second-order valence-corrected chi connectivity index (χ2v) is 4.97. The predicted molar refractivity (Wildman–Crippen MR) is 75.0 cm³/mol. The maximum Gasteiger partial charge on any atom is 0.335 e. The van der Waals surface area contributed by atoms with Crippen LogP contribution in [-0.4, -0.2) is 29.4 Å². The normalized spacial score (nSPS) is 31.2. The molecule has 2 unspecified atom stereocenters. The Labute approximate surface area is 119 Å². The number of fused-ring (bicyclic) bond motifs is 1. The zero-order chi connectivity index (χ0) is 14.5. The Morgan fingerprint density at radius 1 is 1.25 bits per heavy atom. The molecule has 0 bridgehead atoms. The van der Waals surface area contributed by atoms with E-state index in [9.17, 15) is 9.90 Å². The van der Waals surface area contributed by atoms with Gasteiger partial charge in [0.2, 0.25) is 0 Å². The van der Waals surface area contributed by atoms with Crippen LogP contribution in [0.15, 0.2) is 30.3 Å². The van der Waals surface area contributed by atoms with E-state index >= 15 is 0 Å². The fourth-order valence-electron chi connectivity index (χ4n) is 2.77. The van der Waals surface area contributed by atoms with E-state index in [4.69, 9.17) is 9.47 Å². The molecule has 1 aliphatic heterocycles. The summed E-state index contributed by atoms with van der Waals surface area (Å²) in [6.45, 7) is 4.56. The van der Waals surface area contributed by atoms with Gasteiger partial charge in [-0.15, -0.1) is 0 Å². The number of carbonyl (C=O) groups excluding carboxylic acids is 1. The number of ether oxygens (including phenoxy) is 2. The Hall–Kier alpha value is -1.39. The van der Waals surface area contributed by atoms with Gasteiger partial charge in [0, 0.05) is 12.3 Å². The van der Waals surface area contributed by atoms with Crippen LogP contribution in [-0.2, 0) is 20.9 Å². The molecule has 3 rings (SSSR count). The Kier molecular flexibility index (Phi) is 5.15. The lowest BCUT2D eigenvalue weighted by molar-refractivity contribution is -0.148. The Bertz CT molecular complexity index is 431. The average molecular weight is 278 g/mol. The highest BCUT2D eigenvalue weighted by Gasteiger charge is 2.49.